The molecule has 1 amide bonds. The van der Waals surface area contributed by atoms with Gasteiger partial charge in [-0.25, -0.2) is 0 Å². The van der Waals surface area contributed by atoms with E-state index < -0.39 is 17.9 Å². The molecule has 0 aromatic carbocycles. The fourth-order valence-electron chi connectivity index (χ4n) is 1.45. The van der Waals surface area contributed by atoms with Gasteiger partial charge in [0.15, 0.2) is 0 Å². The number of primary amides is 1. The summed E-state index contributed by atoms with van der Waals surface area (Å²) in [6.07, 6.45) is 3.51. The van der Waals surface area contributed by atoms with Crippen molar-refractivity contribution >= 4 is 11.9 Å². The second kappa shape index (κ2) is 15.2. The smallest absolute Gasteiger partial charge is 0.320 e. The van der Waals surface area contributed by atoms with Crippen LogP contribution in [0.15, 0.2) is 0 Å². The van der Waals surface area contributed by atoms with Gasteiger partial charge in [-0.2, -0.15) is 0 Å². The largest absolute Gasteiger partial charge is 0.480 e. The summed E-state index contributed by atoms with van der Waals surface area (Å²) in [4.78, 5) is 21.2. The first-order chi connectivity index (χ1) is 9.84. The quantitative estimate of drug-likeness (QED) is 0.212. The van der Waals surface area contributed by atoms with Crippen molar-refractivity contribution in [3.63, 3.8) is 0 Å². The van der Waals surface area contributed by atoms with Crippen molar-refractivity contribution in [2.75, 3.05) is 13.2 Å². The molecule has 9 N–H and O–H groups in total. The van der Waals surface area contributed by atoms with E-state index in [4.69, 9.17) is 27.4 Å². The number of aliphatic carboxylic acids is 1. The molecular weight excluding hydrogens is 276 g/mol. The summed E-state index contributed by atoms with van der Waals surface area (Å²) in [6, 6.07) is -0.740. The zero-order valence-corrected chi connectivity index (χ0v) is 12.8. The van der Waals surface area contributed by atoms with Crippen molar-refractivity contribution in [2.45, 2.75) is 57.7 Å². The fourth-order valence-corrected chi connectivity index (χ4v) is 1.45. The van der Waals surface area contributed by atoms with Crippen molar-refractivity contribution in [3.05, 3.63) is 0 Å². The van der Waals surface area contributed by atoms with Crippen LogP contribution in [0.5, 0.6) is 0 Å². The molecule has 0 aromatic heterocycles. The minimum Gasteiger partial charge on any atom is -0.480 e. The van der Waals surface area contributed by atoms with Crippen LogP contribution < -0.4 is 22.5 Å². The molecule has 0 fully saturated rings. The third-order valence-corrected chi connectivity index (χ3v) is 2.58. The van der Waals surface area contributed by atoms with E-state index in [1.54, 1.807) is 0 Å². The lowest BCUT2D eigenvalue weighted by atomic mass is 10.1. The third-order valence-electron chi connectivity index (χ3n) is 2.58. The van der Waals surface area contributed by atoms with Crippen LogP contribution in [0.4, 0.5) is 0 Å². The van der Waals surface area contributed by atoms with E-state index in [9.17, 15) is 9.59 Å². The zero-order chi connectivity index (χ0) is 16.7. The lowest BCUT2D eigenvalue weighted by Gasteiger charge is -2.12. The Bertz CT molecular complexity index is 275. The van der Waals surface area contributed by atoms with Gasteiger partial charge in [0, 0.05) is 13.0 Å². The molecule has 0 saturated carbocycles. The maximum Gasteiger partial charge on any atom is 0.320 e. The number of unbranched alkanes of at least 4 members (excludes halogenated alkanes) is 1. The monoisotopic (exact) mass is 306 g/mol. The van der Waals surface area contributed by atoms with Gasteiger partial charge in [0.2, 0.25) is 5.91 Å². The molecule has 8 heteroatoms. The summed E-state index contributed by atoms with van der Waals surface area (Å²) in [5.41, 5.74) is 15.3. The van der Waals surface area contributed by atoms with Crippen molar-refractivity contribution in [2.24, 2.45) is 17.2 Å². The first-order valence-corrected chi connectivity index (χ1v) is 7.21. The molecule has 21 heavy (non-hydrogen) atoms. The van der Waals surface area contributed by atoms with Gasteiger partial charge >= 0.3 is 5.97 Å². The van der Waals surface area contributed by atoms with Gasteiger partial charge in [-0.1, -0.05) is 13.3 Å². The molecule has 0 saturated heterocycles. The van der Waals surface area contributed by atoms with Crippen LogP contribution in [-0.4, -0.2) is 47.4 Å². The maximum absolute atomic E-state index is 10.7. The number of nitrogens with two attached hydrogens (primary N) is 3. The highest BCUT2D eigenvalue weighted by molar-refractivity contribution is 5.77. The van der Waals surface area contributed by atoms with Crippen molar-refractivity contribution < 1.29 is 19.8 Å². The fraction of sp³-hybridized carbons (Fsp3) is 0.846. The van der Waals surface area contributed by atoms with E-state index in [0.717, 1.165) is 12.8 Å². The van der Waals surface area contributed by atoms with Crippen molar-refractivity contribution in [3.8, 4) is 0 Å². The highest BCUT2D eigenvalue weighted by Gasteiger charge is 2.16. The first kappa shape index (κ1) is 22.1. The highest BCUT2D eigenvalue weighted by atomic mass is 16.4. The van der Waals surface area contributed by atoms with E-state index in [-0.39, 0.29) is 25.6 Å². The van der Waals surface area contributed by atoms with Crippen LogP contribution in [0.2, 0.25) is 0 Å². The molecular formula is C13H30N4O4. The average Bonchev–Trinajstić information content (AvgIpc) is 2.37. The van der Waals surface area contributed by atoms with E-state index >= 15 is 0 Å². The van der Waals surface area contributed by atoms with Gasteiger partial charge in [0.25, 0.3) is 0 Å². The summed E-state index contributed by atoms with van der Waals surface area (Å²) in [7, 11) is 0. The Morgan fingerprint density at radius 1 is 1.19 bits per heavy atom. The lowest BCUT2D eigenvalue weighted by Crippen LogP contribution is -2.38. The molecule has 0 bridgehead atoms. The van der Waals surface area contributed by atoms with E-state index in [0.29, 0.717) is 19.4 Å². The van der Waals surface area contributed by atoms with Gasteiger partial charge in [-0.05, 0) is 32.2 Å². The van der Waals surface area contributed by atoms with Crippen LogP contribution in [0.1, 0.15) is 45.4 Å². The number of aliphatic hydroxyl groups is 1. The number of rotatable bonds is 11. The molecule has 0 aliphatic carbocycles. The zero-order valence-electron chi connectivity index (χ0n) is 12.8. The number of hydrogen-bond donors (Lipinski definition) is 6. The lowest BCUT2D eigenvalue weighted by molar-refractivity contribution is -0.139. The average molecular weight is 306 g/mol. The molecule has 1 unspecified atom stereocenters. The van der Waals surface area contributed by atoms with Crippen LogP contribution in [0.25, 0.3) is 0 Å². The second-order valence-corrected chi connectivity index (χ2v) is 4.73. The summed E-state index contributed by atoms with van der Waals surface area (Å²) in [6.45, 7) is 2.67. The van der Waals surface area contributed by atoms with Crippen molar-refractivity contribution in [1.82, 2.24) is 5.32 Å². The first-order valence-electron chi connectivity index (χ1n) is 7.21. The van der Waals surface area contributed by atoms with Gasteiger partial charge in [-0.15, -0.1) is 0 Å². The number of carbonyl (C=O) groups excluding carboxylic acids is 1. The number of aliphatic hydroxyl groups excluding tert-OH is 1. The number of amides is 1. The van der Waals surface area contributed by atoms with Gasteiger partial charge < -0.3 is 32.7 Å². The Hall–Kier alpha value is -1.22. The molecule has 1 atom stereocenters. The number of carbonyl (C=O) groups is 2. The SMILES string of the molecule is CCCC(N)N.NC(=O)CCC(NCCCCO)C(=O)O. The number of nitrogens with one attached hydrogen (secondary N) is 1. The number of carboxylic acids is 1. The molecule has 0 aromatic rings. The van der Waals surface area contributed by atoms with Gasteiger partial charge in [0.05, 0.1) is 6.17 Å². The third kappa shape index (κ3) is 18.8. The molecule has 0 radical (unpaired) electrons. The number of hydrogen-bond acceptors (Lipinski definition) is 6. The predicted octanol–water partition coefficient (Wildman–Crippen LogP) is -0.903. The maximum atomic E-state index is 10.7. The van der Waals surface area contributed by atoms with Crippen LogP contribution in [0.3, 0.4) is 0 Å². The molecule has 0 rings (SSSR count). The van der Waals surface area contributed by atoms with Gasteiger partial charge in [0.1, 0.15) is 6.04 Å². The summed E-state index contributed by atoms with van der Waals surface area (Å²) in [5.74, 6) is -1.49. The predicted molar refractivity (Wildman–Crippen MR) is 81.2 cm³/mol. The summed E-state index contributed by atoms with van der Waals surface area (Å²) < 4.78 is 0. The van der Waals surface area contributed by atoms with Crippen LogP contribution in [0, 0.1) is 0 Å². The van der Waals surface area contributed by atoms with Crippen molar-refractivity contribution in [1.29, 1.82) is 0 Å². The molecule has 8 nitrogen and oxygen atoms in total. The minimum absolute atomic E-state index is 0.0595. The topological polar surface area (TPSA) is 165 Å². The molecule has 0 aliphatic heterocycles. The molecule has 126 valence electrons. The standard InChI is InChI=1S/C9H18N2O4.C4H12N2/c10-8(13)4-3-7(9(14)15)11-5-1-2-6-12;1-2-3-4(5)6/h7,11-12H,1-6H2,(H2,10,13)(H,14,15);4H,2-3,5-6H2,1H3. The Balaban J connectivity index is 0. The molecule has 0 spiro atoms. The summed E-state index contributed by atoms with van der Waals surface area (Å²) >= 11 is 0. The molecule has 0 aliphatic rings. The highest BCUT2D eigenvalue weighted by Crippen LogP contribution is 1.98. The second-order valence-electron chi connectivity index (χ2n) is 4.73. The Morgan fingerprint density at radius 3 is 2.14 bits per heavy atom. The summed E-state index contributed by atoms with van der Waals surface area (Å²) in [5, 5.41) is 20.1. The Morgan fingerprint density at radius 2 is 1.81 bits per heavy atom. The van der Waals surface area contributed by atoms with E-state index in [1.807, 2.05) is 0 Å². The van der Waals surface area contributed by atoms with Gasteiger partial charge in [-0.3, -0.25) is 9.59 Å². The number of carboxylic acid groups (broad SMARTS) is 1. The van der Waals surface area contributed by atoms with E-state index in [2.05, 4.69) is 12.2 Å². The normalized spacial score (nSPS) is 11.7. The molecule has 0 heterocycles. The van der Waals surface area contributed by atoms with Crippen LogP contribution in [-0.2, 0) is 9.59 Å². The Labute approximate surface area is 126 Å². The van der Waals surface area contributed by atoms with E-state index in [1.165, 1.54) is 0 Å². The van der Waals surface area contributed by atoms with Crippen LogP contribution >= 0.6 is 0 Å². The Kier molecular flexibility index (Phi) is 15.9. The minimum atomic E-state index is -0.986.